The monoisotopic (exact) mass is 360 g/mol. The minimum atomic E-state index is -4.49. The van der Waals surface area contributed by atoms with E-state index < -0.39 is 24.7 Å². The van der Waals surface area contributed by atoms with Gasteiger partial charge in [0.2, 0.25) is 11.8 Å². The SMILES string of the molecule is C[C@H](CC(=O)N1CCC[C@@H]1C(=O)NCC(F)(F)F)c1ccc(F)cc1. The molecule has 1 aromatic carbocycles. The molecule has 1 fully saturated rings. The average Bonchev–Trinajstić information content (AvgIpc) is 3.02. The molecule has 1 aliphatic heterocycles. The maximum Gasteiger partial charge on any atom is 0.405 e. The highest BCUT2D eigenvalue weighted by Gasteiger charge is 2.36. The van der Waals surface area contributed by atoms with Crippen molar-refractivity contribution in [2.24, 2.45) is 0 Å². The molecule has 2 amide bonds. The van der Waals surface area contributed by atoms with Gasteiger partial charge in [0.05, 0.1) is 0 Å². The number of hydrogen-bond acceptors (Lipinski definition) is 2. The normalized spacial score (nSPS) is 18.9. The van der Waals surface area contributed by atoms with Crippen molar-refractivity contribution in [3.63, 3.8) is 0 Å². The van der Waals surface area contributed by atoms with E-state index in [2.05, 4.69) is 0 Å². The van der Waals surface area contributed by atoms with Crippen LogP contribution in [-0.2, 0) is 9.59 Å². The van der Waals surface area contributed by atoms with Crippen molar-refractivity contribution in [2.75, 3.05) is 13.1 Å². The first-order valence-corrected chi connectivity index (χ1v) is 8.07. The van der Waals surface area contributed by atoms with E-state index in [1.807, 2.05) is 5.32 Å². The molecule has 0 saturated carbocycles. The predicted molar refractivity (Wildman–Crippen MR) is 83.2 cm³/mol. The molecule has 0 aliphatic carbocycles. The lowest BCUT2D eigenvalue weighted by Gasteiger charge is -2.25. The summed E-state index contributed by atoms with van der Waals surface area (Å²) in [6, 6.07) is 4.92. The molecule has 1 N–H and O–H groups in total. The minimum Gasteiger partial charge on any atom is -0.345 e. The largest absolute Gasteiger partial charge is 0.405 e. The van der Waals surface area contributed by atoms with Crippen LogP contribution < -0.4 is 5.32 Å². The van der Waals surface area contributed by atoms with Crippen LogP contribution in [0.25, 0.3) is 0 Å². The number of alkyl halides is 3. The molecule has 8 heteroatoms. The van der Waals surface area contributed by atoms with Gasteiger partial charge in [0.25, 0.3) is 0 Å². The molecule has 0 spiro atoms. The number of amides is 2. The fourth-order valence-electron chi connectivity index (χ4n) is 2.93. The molecular weight excluding hydrogens is 340 g/mol. The van der Waals surface area contributed by atoms with Crippen molar-refractivity contribution in [1.29, 1.82) is 0 Å². The highest BCUT2D eigenvalue weighted by Crippen LogP contribution is 2.24. The lowest BCUT2D eigenvalue weighted by atomic mass is 9.97. The van der Waals surface area contributed by atoms with E-state index in [0.29, 0.717) is 19.4 Å². The summed E-state index contributed by atoms with van der Waals surface area (Å²) in [6.45, 7) is 0.745. The summed E-state index contributed by atoms with van der Waals surface area (Å²) in [6.07, 6.45) is -3.46. The second-order valence-corrected chi connectivity index (χ2v) is 6.23. The van der Waals surface area contributed by atoms with Crippen molar-refractivity contribution in [3.8, 4) is 0 Å². The summed E-state index contributed by atoms with van der Waals surface area (Å²) in [5.74, 6) is -1.63. The standard InChI is InChI=1S/C17H20F4N2O2/c1-11(12-4-6-13(18)7-5-12)9-15(24)23-8-2-3-14(23)16(25)22-10-17(19,20)21/h4-7,11,14H,2-3,8-10H2,1H3,(H,22,25)/t11-,14-/m1/s1. The first kappa shape index (κ1) is 19.2. The third-order valence-corrected chi connectivity index (χ3v) is 4.26. The van der Waals surface area contributed by atoms with Gasteiger partial charge in [0.15, 0.2) is 0 Å². The Balaban J connectivity index is 1.95. The van der Waals surface area contributed by atoms with Gasteiger partial charge in [0.1, 0.15) is 18.4 Å². The van der Waals surface area contributed by atoms with Crippen LogP contribution in [0.15, 0.2) is 24.3 Å². The second-order valence-electron chi connectivity index (χ2n) is 6.23. The first-order valence-electron chi connectivity index (χ1n) is 8.07. The Morgan fingerprint density at radius 2 is 1.92 bits per heavy atom. The van der Waals surface area contributed by atoms with Crippen molar-refractivity contribution in [2.45, 2.75) is 44.3 Å². The van der Waals surface area contributed by atoms with Crippen molar-refractivity contribution in [3.05, 3.63) is 35.6 Å². The molecule has 138 valence electrons. The van der Waals surface area contributed by atoms with Crippen LogP contribution in [-0.4, -0.2) is 42.0 Å². The maximum absolute atomic E-state index is 13.0. The van der Waals surface area contributed by atoms with Gasteiger partial charge < -0.3 is 10.2 Å². The molecular formula is C17H20F4N2O2. The van der Waals surface area contributed by atoms with Crippen LogP contribution in [0.3, 0.4) is 0 Å². The lowest BCUT2D eigenvalue weighted by Crippen LogP contribution is -2.48. The van der Waals surface area contributed by atoms with Gasteiger partial charge in [-0.1, -0.05) is 19.1 Å². The summed E-state index contributed by atoms with van der Waals surface area (Å²) in [5.41, 5.74) is 0.784. The molecule has 4 nitrogen and oxygen atoms in total. The summed E-state index contributed by atoms with van der Waals surface area (Å²) < 4.78 is 49.6. The van der Waals surface area contributed by atoms with Crippen LogP contribution in [0.2, 0.25) is 0 Å². The highest BCUT2D eigenvalue weighted by molar-refractivity contribution is 5.88. The van der Waals surface area contributed by atoms with Gasteiger partial charge in [0, 0.05) is 13.0 Å². The summed E-state index contributed by atoms with van der Waals surface area (Å²) in [4.78, 5) is 25.8. The minimum absolute atomic E-state index is 0.106. The van der Waals surface area contributed by atoms with Crippen LogP contribution in [0.5, 0.6) is 0 Å². The molecule has 2 atom stereocenters. The number of halogens is 4. The van der Waals surface area contributed by atoms with E-state index >= 15 is 0 Å². The Morgan fingerprint density at radius 1 is 1.28 bits per heavy atom. The van der Waals surface area contributed by atoms with Gasteiger partial charge in [-0.3, -0.25) is 9.59 Å². The predicted octanol–water partition coefficient (Wildman–Crippen LogP) is 2.99. The zero-order valence-electron chi connectivity index (χ0n) is 13.8. The van der Waals surface area contributed by atoms with Crippen LogP contribution in [0, 0.1) is 5.82 Å². The quantitative estimate of drug-likeness (QED) is 0.821. The topological polar surface area (TPSA) is 49.4 Å². The zero-order chi connectivity index (χ0) is 18.6. The smallest absolute Gasteiger partial charge is 0.345 e. The first-order chi connectivity index (χ1) is 11.7. The summed E-state index contributed by atoms with van der Waals surface area (Å²) >= 11 is 0. The molecule has 1 aliphatic rings. The third kappa shape index (κ3) is 5.44. The molecule has 0 aromatic heterocycles. The van der Waals surface area contributed by atoms with Crippen LogP contribution in [0.1, 0.15) is 37.7 Å². The number of benzene rings is 1. The molecule has 1 aromatic rings. The fourth-order valence-corrected chi connectivity index (χ4v) is 2.93. The van der Waals surface area contributed by atoms with Crippen molar-refractivity contribution in [1.82, 2.24) is 10.2 Å². The van der Waals surface area contributed by atoms with E-state index in [4.69, 9.17) is 0 Å². The Kier molecular flexibility index (Phi) is 6.02. The van der Waals surface area contributed by atoms with Crippen molar-refractivity contribution < 1.29 is 27.2 Å². The fraction of sp³-hybridized carbons (Fsp3) is 0.529. The molecule has 1 heterocycles. The zero-order valence-corrected chi connectivity index (χ0v) is 13.8. The number of hydrogen-bond donors (Lipinski definition) is 1. The molecule has 2 rings (SSSR count). The molecule has 1 saturated heterocycles. The summed E-state index contributed by atoms with van der Waals surface area (Å²) in [5, 5.41) is 1.84. The lowest BCUT2D eigenvalue weighted by molar-refractivity contribution is -0.144. The van der Waals surface area contributed by atoms with Gasteiger partial charge in [-0.25, -0.2) is 4.39 Å². The van der Waals surface area contributed by atoms with Crippen LogP contribution in [0.4, 0.5) is 17.6 Å². The number of carbonyl (C=O) groups is 2. The van der Waals surface area contributed by atoms with Gasteiger partial charge in [-0.2, -0.15) is 13.2 Å². The molecule has 0 bridgehead atoms. The molecule has 0 unspecified atom stereocenters. The second kappa shape index (κ2) is 7.84. The van der Waals surface area contributed by atoms with E-state index in [1.54, 1.807) is 19.1 Å². The van der Waals surface area contributed by atoms with E-state index in [-0.39, 0.29) is 24.1 Å². The number of nitrogens with one attached hydrogen (secondary N) is 1. The third-order valence-electron chi connectivity index (χ3n) is 4.26. The molecule has 25 heavy (non-hydrogen) atoms. The highest BCUT2D eigenvalue weighted by atomic mass is 19.4. The molecule has 0 radical (unpaired) electrons. The number of likely N-dealkylation sites (tertiary alicyclic amines) is 1. The van der Waals surface area contributed by atoms with E-state index in [9.17, 15) is 27.2 Å². The van der Waals surface area contributed by atoms with Gasteiger partial charge in [-0.05, 0) is 36.5 Å². The number of rotatable bonds is 5. The maximum atomic E-state index is 13.0. The Hall–Kier alpha value is -2.12. The average molecular weight is 360 g/mol. The van der Waals surface area contributed by atoms with Gasteiger partial charge >= 0.3 is 6.18 Å². The van der Waals surface area contributed by atoms with E-state index in [1.165, 1.54) is 17.0 Å². The van der Waals surface area contributed by atoms with Crippen molar-refractivity contribution >= 4 is 11.8 Å². The summed E-state index contributed by atoms with van der Waals surface area (Å²) in [7, 11) is 0. The Bertz CT molecular complexity index is 616. The van der Waals surface area contributed by atoms with E-state index in [0.717, 1.165) is 5.56 Å². The number of nitrogens with zero attached hydrogens (tertiary/aromatic N) is 1. The van der Waals surface area contributed by atoms with Gasteiger partial charge in [-0.15, -0.1) is 0 Å². The van der Waals surface area contributed by atoms with Crippen LogP contribution >= 0.6 is 0 Å². The number of carbonyl (C=O) groups excluding carboxylic acids is 2. The Morgan fingerprint density at radius 3 is 2.52 bits per heavy atom. The Labute approximate surface area is 143 Å².